The summed E-state index contributed by atoms with van der Waals surface area (Å²) in [5, 5.41) is 9.15. The lowest BCUT2D eigenvalue weighted by Gasteiger charge is -2.21. The van der Waals surface area contributed by atoms with Crippen LogP contribution in [0.3, 0.4) is 0 Å². The summed E-state index contributed by atoms with van der Waals surface area (Å²) in [7, 11) is 1.19. The lowest BCUT2D eigenvalue weighted by Crippen LogP contribution is -2.39. The van der Waals surface area contributed by atoms with E-state index in [9.17, 15) is 9.59 Å². The van der Waals surface area contributed by atoms with E-state index in [-0.39, 0.29) is 6.42 Å². The molecule has 0 spiro atoms. The maximum Gasteiger partial charge on any atom is 0.323 e. The molecule has 1 aromatic carbocycles. The predicted octanol–water partition coefficient (Wildman–Crippen LogP) is 1.80. The first kappa shape index (κ1) is 13.2. The summed E-state index contributed by atoms with van der Waals surface area (Å²) in [6.07, 6.45) is 0.120. The van der Waals surface area contributed by atoms with Crippen LogP contribution in [0.5, 0.6) is 0 Å². The van der Waals surface area contributed by atoms with Crippen LogP contribution in [0.1, 0.15) is 18.1 Å². The normalized spacial score (nSPS) is 13.8. The van der Waals surface area contributed by atoms with Crippen LogP contribution in [0.2, 0.25) is 0 Å². The Bertz CT molecular complexity index is 422. The summed E-state index contributed by atoms with van der Waals surface area (Å²) in [6.45, 7) is 3.32. The highest BCUT2D eigenvalue weighted by Gasteiger charge is 2.42. The molecule has 0 aliphatic carbocycles. The molecular formula is C13H16O4. The van der Waals surface area contributed by atoms with E-state index < -0.39 is 17.4 Å². The number of carbonyl (C=O) groups is 2. The number of esters is 1. The van der Waals surface area contributed by atoms with Crippen LogP contribution in [0, 0.1) is 12.3 Å². The van der Waals surface area contributed by atoms with Gasteiger partial charge < -0.3 is 9.84 Å². The maximum atomic E-state index is 11.5. The number of benzene rings is 1. The number of carboxylic acids is 1. The number of carboxylic acid groups (broad SMARTS) is 1. The fourth-order valence-electron chi connectivity index (χ4n) is 1.57. The Kier molecular flexibility index (Phi) is 3.89. The van der Waals surface area contributed by atoms with E-state index in [1.54, 1.807) is 0 Å². The highest BCUT2D eigenvalue weighted by molar-refractivity contribution is 5.98. The van der Waals surface area contributed by atoms with Gasteiger partial charge in [0.05, 0.1) is 7.11 Å². The van der Waals surface area contributed by atoms with Crippen molar-refractivity contribution in [1.29, 1.82) is 0 Å². The van der Waals surface area contributed by atoms with Gasteiger partial charge in [-0.15, -0.1) is 0 Å². The molecule has 4 heteroatoms. The van der Waals surface area contributed by atoms with Gasteiger partial charge in [0.15, 0.2) is 5.41 Å². The van der Waals surface area contributed by atoms with Crippen molar-refractivity contribution in [2.45, 2.75) is 20.3 Å². The first-order valence-corrected chi connectivity index (χ1v) is 5.27. The number of hydrogen-bond donors (Lipinski definition) is 1. The molecule has 17 heavy (non-hydrogen) atoms. The van der Waals surface area contributed by atoms with Crippen LogP contribution in [-0.2, 0) is 20.7 Å². The molecule has 0 radical (unpaired) electrons. The first-order chi connectivity index (χ1) is 7.90. The summed E-state index contributed by atoms with van der Waals surface area (Å²) in [5.74, 6) is -1.91. The minimum atomic E-state index is -1.54. The van der Waals surface area contributed by atoms with Gasteiger partial charge in [-0.1, -0.05) is 29.8 Å². The van der Waals surface area contributed by atoms with E-state index in [2.05, 4.69) is 4.74 Å². The van der Waals surface area contributed by atoms with Gasteiger partial charge in [-0.3, -0.25) is 9.59 Å². The van der Waals surface area contributed by atoms with E-state index in [1.165, 1.54) is 14.0 Å². The molecule has 4 nitrogen and oxygen atoms in total. The number of aryl methyl sites for hydroxylation is 1. The molecule has 0 saturated heterocycles. The molecule has 1 N–H and O–H groups in total. The zero-order valence-corrected chi connectivity index (χ0v) is 10.2. The van der Waals surface area contributed by atoms with Crippen LogP contribution in [0.4, 0.5) is 0 Å². The van der Waals surface area contributed by atoms with Crippen LogP contribution >= 0.6 is 0 Å². The zero-order valence-electron chi connectivity index (χ0n) is 10.2. The molecule has 0 saturated carbocycles. The van der Waals surface area contributed by atoms with Crippen molar-refractivity contribution in [3.8, 4) is 0 Å². The molecule has 0 aliphatic rings. The van der Waals surface area contributed by atoms with Gasteiger partial charge in [0.2, 0.25) is 0 Å². The predicted molar refractivity (Wildman–Crippen MR) is 62.6 cm³/mol. The lowest BCUT2D eigenvalue weighted by molar-refractivity contribution is -0.165. The highest BCUT2D eigenvalue weighted by atomic mass is 16.5. The molecule has 0 aromatic heterocycles. The third kappa shape index (κ3) is 2.84. The third-order valence-electron chi connectivity index (χ3n) is 2.79. The van der Waals surface area contributed by atoms with Crippen molar-refractivity contribution >= 4 is 11.9 Å². The van der Waals surface area contributed by atoms with Crippen LogP contribution in [0.25, 0.3) is 0 Å². The fraction of sp³-hybridized carbons (Fsp3) is 0.385. The molecule has 0 amide bonds. The summed E-state index contributed by atoms with van der Waals surface area (Å²) >= 11 is 0. The van der Waals surface area contributed by atoms with Gasteiger partial charge in [0.25, 0.3) is 0 Å². The van der Waals surface area contributed by atoms with Gasteiger partial charge >= 0.3 is 11.9 Å². The smallest absolute Gasteiger partial charge is 0.323 e. The van der Waals surface area contributed by atoms with Crippen molar-refractivity contribution in [1.82, 2.24) is 0 Å². The second-order valence-electron chi connectivity index (χ2n) is 4.29. The topological polar surface area (TPSA) is 63.6 Å². The molecular weight excluding hydrogens is 220 g/mol. The average Bonchev–Trinajstić information content (AvgIpc) is 2.30. The monoisotopic (exact) mass is 236 g/mol. The molecule has 0 fully saturated rings. The number of carbonyl (C=O) groups excluding carboxylic acids is 1. The highest BCUT2D eigenvalue weighted by Crippen LogP contribution is 2.25. The van der Waals surface area contributed by atoms with E-state index in [1.807, 2.05) is 31.2 Å². The SMILES string of the molecule is COC(=O)C(C)(Cc1ccc(C)cc1)C(=O)O. The Balaban J connectivity index is 2.99. The Morgan fingerprint density at radius 1 is 1.29 bits per heavy atom. The number of methoxy groups -OCH3 is 1. The van der Waals surface area contributed by atoms with Gasteiger partial charge in [0.1, 0.15) is 0 Å². The van der Waals surface area contributed by atoms with Crippen LogP contribution < -0.4 is 0 Å². The quantitative estimate of drug-likeness (QED) is 0.639. The summed E-state index contributed by atoms with van der Waals surface area (Å²) in [4.78, 5) is 22.7. The van der Waals surface area contributed by atoms with Crippen molar-refractivity contribution in [2.75, 3.05) is 7.11 Å². The summed E-state index contributed by atoms with van der Waals surface area (Å²) in [5.41, 5.74) is 0.346. The maximum absolute atomic E-state index is 11.5. The van der Waals surface area contributed by atoms with Crippen molar-refractivity contribution < 1.29 is 19.4 Å². The third-order valence-corrected chi connectivity index (χ3v) is 2.79. The Morgan fingerprint density at radius 3 is 2.24 bits per heavy atom. The van der Waals surface area contributed by atoms with Crippen molar-refractivity contribution in [3.63, 3.8) is 0 Å². The van der Waals surface area contributed by atoms with Crippen LogP contribution in [-0.4, -0.2) is 24.2 Å². The van der Waals surface area contributed by atoms with E-state index in [4.69, 9.17) is 5.11 Å². The molecule has 1 aromatic rings. The Hall–Kier alpha value is -1.84. The van der Waals surface area contributed by atoms with Crippen LogP contribution in [0.15, 0.2) is 24.3 Å². The van der Waals surface area contributed by atoms with Gasteiger partial charge in [-0.05, 0) is 25.8 Å². The van der Waals surface area contributed by atoms with E-state index in [0.717, 1.165) is 11.1 Å². The molecule has 0 aliphatic heterocycles. The number of rotatable bonds is 4. The van der Waals surface area contributed by atoms with Gasteiger partial charge in [-0.25, -0.2) is 0 Å². The minimum absolute atomic E-state index is 0.120. The first-order valence-electron chi connectivity index (χ1n) is 5.27. The molecule has 1 atom stereocenters. The van der Waals surface area contributed by atoms with E-state index in [0.29, 0.717) is 0 Å². The lowest BCUT2D eigenvalue weighted by atomic mass is 9.83. The van der Waals surface area contributed by atoms with Crippen molar-refractivity contribution in [2.24, 2.45) is 5.41 Å². The molecule has 0 heterocycles. The number of aliphatic carboxylic acids is 1. The van der Waals surface area contributed by atoms with E-state index >= 15 is 0 Å². The molecule has 1 rings (SSSR count). The fourth-order valence-corrected chi connectivity index (χ4v) is 1.57. The standard InChI is InChI=1S/C13H16O4/c1-9-4-6-10(7-5-9)8-13(2,11(14)15)12(16)17-3/h4-7H,8H2,1-3H3,(H,14,15). The van der Waals surface area contributed by atoms with Gasteiger partial charge in [0, 0.05) is 0 Å². The molecule has 1 unspecified atom stereocenters. The van der Waals surface area contributed by atoms with Gasteiger partial charge in [-0.2, -0.15) is 0 Å². The average molecular weight is 236 g/mol. The minimum Gasteiger partial charge on any atom is -0.480 e. The van der Waals surface area contributed by atoms with Crippen molar-refractivity contribution in [3.05, 3.63) is 35.4 Å². The Labute approximate surface area is 100 Å². The molecule has 92 valence electrons. The summed E-state index contributed by atoms with van der Waals surface area (Å²) < 4.78 is 4.55. The number of hydrogen-bond acceptors (Lipinski definition) is 3. The largest absolute Gasteiger partial charge is 0.480 e. The second kappa shape index (κ2) is 4.99. The Morgan fingerprint density at radius 2 is 1.82 bits per heavy atom. The number of ether oxygens (including phenoxy) is 1. The zero-order chi connectivity index (χ0) is 13.1. The summed E-state index contributed by atoms with van der Waals surface area (Å²) in [6, 6.07) is 7.41. The molecule has 0 bridgehead atoms. The second-order valence-corrected chi connectivity index (χ2v) is 4.29.